The number of urea groups is 1. The fourth-order valence-electron chi connectivity index (χ4n) is 5.58. The van der Waals surface area contributed by atoms with Crippen LogP contribution in [0.5, 0.6) is 11.5 Å². The fourth-order valence-corrected chi connectivity index (χ4v) is 5.58. The van der Waals surface area contributed by atoms with Gasteiger partial charge in [-0.15, -0.1) is 0 Å². The average molecular weight is 543 g/mol. The van der Waals surface area contributed by atoms with E-state index < -0.39 is 6.17 Å². The minimum atomic E-state index is -0.519. The molecule has 0 bridgehead atoms. The molecule has 40 heavy (non-hydrogen) atoms. The van der Waals surface area contributed by atoms with Crippen LogP contribution in [0.15, 0.2) is 66.7 Å². The summed E-state index contributed by atoms with van der Waals surface area (Å²) in [6, 6.07) is 21.7. The molecule has 0 aliphatic carbocycles. The van der Waals surface area contributed by atoms with Crippen LogP contribution in [0.3, 0.4) is 0 Å². The van der Waals surface area contributed by atoms with Gasteiger partial charge in [0, 0.05) is 24.7 Å². The minimum absolute atomic E-state index is 0.0236. The van der Waals surface area contributed by atoms with E-state index in [0.717, 1.165) is 22.3 Å². The summed E-state index contributed by atoms with van der Waals surface area (Å²) < 4.78 is 11.8. The van der Waals surface area contributed by atoms with Crippen LogP contribution in [0.25, 0.3) is 0 Å². The fraction of sp³-hybridized carbons (Fsp3) is 0.375. The number of rotatable bonds is 6. The highest BCUT2D eigenvalue weighted by molar-refractivity contribution is 5.86. The van der Waals surface area contributed by atoms with Crippen LogP contribution in [0.1, 0.15) is 59.9 Å². The summed E-state index contributed by atoms with van der Waals surface area (Å²) in [4.78, 5) is 30.3. The number of amides is 3. The van der Waals surface area contributed by atoms with E-state index in [9.17, 15) is 9.59 Å². The third-order valence-corrected chi connectivity index (χ3v) is 7.46. The Hall–Kier alpha value is -4.04. The third kappa shape index (κ3) is 5.63. The Labute approximate surface area is 236 Å². The zero-order valence-corrected chi connectivity index (χ0v) is 23.8. The highest BCUT2D eigenvalue weighted by atomic mass is 16.5. The van der Waals surface area contributed by atoms with Gasteiger partial charge in [-0.2, -0.15) is 0 Å². The molecule has 8 heteroatoms. The van der Waals surface area contributed by atoms with Crippen molar-refractivity contribution < 1.29 is 19.1 Å². The van der Waals surface area contributed by atoms with Gasteiger partial charge in [-0.1, -0.05) is 59.7 Å². The first-order valence-electron chi connectivity index (χ1n) is 13.8. The van der Waals surface area contributed by atoms with Gasteiger partial charge in [0.25, 0.3) is 0 Å². The minimum Gasteiger partial charge on any atom is -0.497 e. The van der Waals surface area contributed by atoms with Crippen LogP contribution in [-0.2, 0) is 4.79 Å². The van der Waals surface area contributed by atoms with Gasteiger partial charge >= 0.3 is 6.03 Å². The van der Waals surface area contributed by atoms with Crippen molar-refractivity contribution in [1.82, 2.24) is 20.4 Å². The molecule has 8 nitrogen and oxygen atoms in total. The average Bonchev–Trinajstić information content (AvgIpc) is 3.33. The molecule has 2 aliphatic heterocycles. The van der Waals surface area contributed by atoms with E-state index in [2.05, 4.69) is 66.9 Å². The van der Waals surface area contributed by atoms with Gasteiger partial charge in [0.2, 0.25) is 5.91 Å². The molecule has 2 aliphatic rings. The van der Waals surface area contributed by atoms with Crippen molar-refractivity contribution >= 4 is 11.9 Å². The highest BCUT2D eigenvalue weighted by Gasteiger charge is 2.48. The quantitative estimate of drug-likeness (QED) is 0.456. The van der Waals surface area contributed by atoms with Gasteiger partial charge in [0.15, 0.2) is 0 Å². The second-order valence-electron chi connectivity index (χ2n) is 10.8. The third-order valence-electron chi connectivity index (χ3n) is 7.46. The van der Waals surface area contributed by atoms with E-state index in [1.807, 2.05) is 43.0 Å². The lowest BCUT2D eigenvalue weighted by Gasteiger charge is -2.37. The van der Waals surface area contributed by atoms with Crippen LogP contribution in [0, 0.1) is 13.8 Å². The van der Waals surface area contributed by atoms with Crippen molar-refractivity contribution in [2.75, 3.05) is 26.7 Å². The molecule has 3 aromatic carbocycles. The molecule has 2 heterocycles. The van der Waals surface area contributed by atoms with E-state index >= 15 is 0 Å². The van der Waals surface area contributed by atoms with Crippen molar-refractivity contribution in [1.29, 1.82) is 0 Å². The van der Waals surface area contributed by atoms with Gasteiger partial charge in [0.05, 0.1) is 25.3 Å². The molecule has 2 N–H and O–H groups in total. The van der Waals surface area contributed by atoms with Crippen molar-refractivity contribution in [2.45, 2.75) is 52.0 Å². The predicted octanol–water partition coefficient (Wildman–Crippen LogP) is 5.04. The van der Waals surface area contributed by atoms with E-state index in [1.54, 1.807) is 12.0 Å². The van der Waals surface area contributed by atoms with Crippen molar-refractivity contribution in [3.05, 3.63) is 94.5 Å². The lowest BCUT2D eigenvalue weighted by atomic mass is 9.92. The molecule has 210 valence electrons. The van der Waals surface area contributed by atoms with Gasteiger partial charge in [-0.3, -0.25) is 15.0 Å². The Morgan fingerprint density at radius 2 is 1.75 bits per heavy atom. The first kappa shape index (κ1) is 27.5. The summed E-state index contributed by atoms with van der Waals surface area (Å²) in [7, 11) is 1.63. The Morgan fingerprint density at radius 1 is 0.975 bits per heavy atom. The van der Waals surface area contributed by atoms with Gasteiger partial charge < -0.3 is 19.7 Å². The monoisotopic (exact) mass is 542 g/mol. The van der Waals surface area contributed by atoms with Crippen LogP contribution in [0.2, 0.25) is 0 Å². The Balaban J connectivity index is 1.68. The van der Waals surface area contributed by atoms with Crippen LogP contribution < -0.4 is 20.1 Å². The summed E-state index contributed by atoms with van der Waals surface area (Å²) in [6.07, 6.45) is -0.600. The van der Waals surface area contributed by atoms with Crippen LogP contribution >= 0.6 is 0 Å². The lowest BCUT2D eigenvalue weighted by molar-refractivity contribution is -0.123. The molecule has 2 fully saturated rings. The summed E-state index contributed by atoms with van der Waals surface area (Å²) in [6.45, 7) is 8.98. The smallest absolute Gasteiger partial charge is 0.322 e. The first-order valence-corrected chi connectivity index (χ1v) is 13.8. The predicted molar refractivity (Wildman–Crippen MR) is 154 cm³/mol. The van der Waals surface area contributed by atoms with Gasteiger partial charge in [-0.25, -0.2) is 4.79 Å². The van der Waals surface area contributed by atoms with Crippen molar-refractivity contribution in [3.63, 3.8) is 0 Å². The highest BCUT2D eigenvalue weighted by Crippen LogP contribution is 2.48. The number of nitrogens with zero attached hydrogens (tertiary/aromatic N) is 2. The van der Waals surface area contributed by atoms with Crippen LogP contribution in [-0.4, -0.2) is 54.6 Å². The molecular formula is C32H38N4O4. The Morgan fingerprint density at radius 3 is 2.42 bits per heavy atom. The number of hydrogen-bond acceptors (Lipinski definition) is 5. The number of carbonyl (C=O) groups is 2. The standard InChI is InChI=1S/C32H38N4O4/c1-20(2)40-27-18-25(39-5)13-14-26(27)31-34-29(23-11-9-21(3)10-12-23)30(24-8-6-7-22(4)17-24)36(31)32(38)35-16-15-33-28(37)19-35/h6-14,17-18,20,29-31,34H,15-16,19H2,1-5H3,(H,33,37). The van der Waals surface area contributed by atoms with Crippen molar-refractivity contribution in [2.24, 2.45) is 0 Å². The molecule has 5 rings (SSSR count). The number of piperazine rings is 1. The zero-order chi connectivity index (χ0) is 28.4. The maximum atomic E-state index is 14.5. The first-order chi connectivity index (χ1) is 19.2. The van der Waals surface area contributed by atoms with E-state index in [4.69, 9.17) is 9.47 Å². The topological polar surface area (TPSA) is 83.1 Å². The number of hydrogen-bond donors (Lipinski definition) is 2. The maximum absolute atomic E-state index is 14.5. The van der Waals surface area contributed by atoms with E-state index in [1.165, 1.54) is 5.56 Å². The lowest BCUT2D eigenvalue weighted by Crippen LogP contribution is -2.54. The van der Waals surface area contributed by atoms with Crippen LogP contribution in [0.4, 0.5) is 4.79 Å². The number of benzene rings is 3. The number of aryl methyl sites for hydroxylation is 2. The Kier molecular flexibility index (Phi) is 7.98. The normalized spacial score (nSPS) is 20.9. The molecule has 0 spiro atoms. The summed E-state index contributed by atoms with van der Waals surface area (Å²) >= 11 is 0. The second kappa shape index (κ2) is 11.6. The SMILES string of the molecule is COc1ccc(C2NC(c3ccc(C)cc3)C(c3cccc(C)c3)N2C(=O)N2CCNC(=O)C2)c(OC(C)C)c1. The second-order valence-corrected chi connectivity index (χ2v) is 10.8. The maximum Gasteiger partial charge on any atom is 0.322 e. The largest absolute Gasteiger partial charge is 0.497 e. The molecule has 0 aromatic heterocycles. The van der Waals surface area contributed by atoms with E-state index in [0.29, 0.717) is 24.6 Å². The molecule has 3 atom stereocenters. The van der Waals surface area contributed by atoms with Gasteiger partial charge in [-0.05, 0) is 51.0 Å². The Bertz CT molecular complexity index is 1370. The molecule has 2 saturated heterocycles. The summed E-state index contributed by atoms with van der Waals surface area (Å²) in [5, 5.41) is 6.63. The number of ether oxygens (including phenoxy) is 2. The molecule has 3 aromatic rings. The molecule has 0 radical (unpaired) electrons. The van der Waals surface area contributed by atoms with E-state index in [-0.39, 0.29) is 36.7 Å². The van der Waals surface area contributed by atoms with Crippen molar-refractivity contribution in [3.8, 4) is 11.5 Å². The molecule has 3 unspecified atom stereocenters. The molecule has 3 amide bonds. The molecule has 0 saturated carbocycles. The molecular weight excluding hydrogens is 504 g/mol. The summed E-state index contributed by atoms with van der Waals surface area (Å²) in [5.41, 5.74) is 5.21. The number of carbonyl (C=O) groups excluding carboxylic acids is 2. The number of nitrogens with one attached hydrogen (secondary N) is 2. The summed E-state index contributed by atoms with van der Waals surface area (Å²) in [5.74, 6) is 1.17. The van der Waals surface area contributed by atoms with Gasteiger partial charge in [0.1, 0.15) is 24.2 Å². The zero-order valence-electron chi connectivity index (χ0n) is 23.8. The number of methoxy groups -OCH3 is 1.